The molecule has 0 aromatic heterocycles. The van der Waals surface area contributed by atoms with Gasteiger partial charge in [-0.3, -0.25) is 4.79 Å². The number of thioether (sulfide) groups is 1. The fourth-order valence-electron chi connectivity index (χ4n) is 3.19. The summed E-state index contributed by atoms with van der Waals surface area (Å²) in [5.41, 5.74) is -0.711. The third kappa shape index (κ3) is 5.14. The molecule has 1 heterocycles. The zero-order chi connectivity index (χ0) is 22.7. The average molecular weight is 480 g/mol. The number of fused-ring (bicyclic) bond motifs is 1. The van der Waals surface area contributed by atoms with Crippen molar-refractivity contribution in [3.8, 4) is 11.5 Å². The number of ether oxygens (including phenoxy) is 2. The van der Waals surface area contributed by atoms with E-state index in [0.717, 1.165) is 12.1 Å². The summed E-state index contributed by atoms with van der Waals surface area (Å²) in [4.78, 5) is 13.9. The highest BCUT2D eigenvalue weighted by atomic mass is 35.5. The van der Waals surface area contributed by atoms with Crippen LogP contribution in [0.1, 0.15) is 16.4 Å². The Balaban J connectivity index is 1.64. The van der Waals surface area contributed by atoms with Crippen molar-refractivity contribution in [2.75, 3.05) is 18.5 Å². The monoisotopic (exact) mass is 479 g/mol. The summed E-state index contributed by atoms with van der Waals surface area (Å²) in [5.74, 6) is 0.576. The zero-order valence-corrected chi connectivity index (χ0v) is 18.1. The molecule has 3 aromatic carbocycles. The molecular formula is C23H17ClF3NO3S. The van der Waals surface area contributed by atoms with Gasteiger partial charge in [0.05, 0.1) is 11.3 Å². The van der Waals surface area contributed by atoms with E-state index in [4.69, 9.17) is 21.1 Å². The maximum atomic E-state index is 13.5. The molecule has 0 saturated carbocycles. The molecule has 3 aromatic rings. The second kappa shape index (κ2) is 9.34. The van der Waals surface area contributed by atoms with Crippen molar-refractivity contribution in [2.24, 2.45) is 0 Å². The second-order valence-corrected chi connectivity index (χ2v) is 8.51. The number of hydrogen-bond acceptors (Lipinski definition) is 4. The number of hydrogen-bond donors (Lipinski definition) is 1. The third-order valence-corrected chi connectivity index (χ3v) is 6.14. The third-order valence-electron chi connectivity index (χ3n) is 4.65. The standard InChI is InChI=1S/C23H17ClF3NO3S/c24-15-6-8-18(17(12-15)23(25,26)27)28-22(29)21(14-4-2-1-3-5-14)32-16-7-9-19-20(13-16)31-11-10-30-19/h1-9,12-13,21H,10-11H2,(H,28,29). The van der Waals surface area contributed by atoms with Gasteiger partial charge in [0.15, 0.2) is 11.5 Å². The predicted octanol–water partition coefficient (Wildman–Crippen LogP) is 6.60. The van der Waals surface area contributed by atoms with Crippen molar-refractivity contribution >= 4 is 35.0 Å². The van der Waals surface area contributed by atoms with Gasteiger partial charge < -0.3 is 14.8 Å². The van der Waals surface area contributed by atoms with Gasteiger partial charge in [-0.2, -0.15) is 13.2 Å². The van der Waals surface area contributed by atoms with Crippen LogP contribution in [0.5, 0.6) is 11.5 Å². The van der Waals surface area contributed by atoms with E-state index in [0.29, 0.717) is 35.2 Å². The average Bonchev–Trinajstić information content (AvgIpc) is 2.78. The number of carbonyl (C=O) groups excluding carboxylic acids is 1. The summed E-state index contributed by atoms with van der Waals surface area (Å²) >= 11 is 6.95. The number of nitrogens with one attached hydrogen (secondary N) is 1. The Hall–Kier alpha value is -2.84. The lowest BCUT2D eigenvalue weighted by molar-refractivity contribution is -0.137. The van der Waals surface area contributed by atoms with Crippen molar-refractivity contribution in [3.05, 3.63) is 82.9 Å². The molecule has 1 unspecified atom stereocenters. The van der Waals surface area contributed by atoms with Gasteiger partial charge in [-0.05, 0) is 42.0 Å². The van der Waals surface area contributed by atoms with E-state index in [2.05, 4.69) is 5.32 Å². The molecule has 1 aliphatic heterocycles. The van der Waals surface area contributed by atoms with Gasteiger partial charge in [0.25, 0.3) is 0 Å². The molecule has 1 amide bonds. The molecule has 0 fully saturated rings. The van der Waals surface area contributed by atoms with Crippen molar-refractivity contribution in [2.45, 2.75) is 16.3 Å². The minimum absolute atomic E-state index is 0.0689. The van der Waals surface area contributed by atoms with Crippen LogP contribution in [-0.4, -0.2) is 19.1 Å². The van der Waals surface area contributed by atoms with E-state index in [-0.39, 0.29) is 10.7 Å². The zero-order valence-electron chi connectivity index (χ0n) is 16.5. The van der Waals surface area contributed by atoms with Crippen LogP contribution in [0, 0.1) is 0 Å². The number of carbonyl (C=O) groups is 1. The molecule has 1 N–H and O–H groups in total. The molecule has 9 heteroatoms. The van der Waals surface area contributed by atoms with E-state index in [1.54, 1.807) is 48.5 Å². The summed E-state index contributed by atoms with van der Waals surface area (Å²) in [7, 11) is 0. The Kier molecular flexibility index (Phi) is 6.53. The fourth-order valence-corrected chi connectivity index (χ4v) is 4.42. The maximum absolute atomic E-state index is 13.5. The first-order valence-corrected chi connectivity index (χ1v) is 10.9. The number of halogens is 4. The number of benzene rings is 3. The molecule has 1 aliphatic rings. The van der Waals surface area contributed by atoms with Gasteiger partial charge in [-0.1, -0.05) is 41.9 Å². The van der Waals surface area contributed by atoms with Gasteiger partial charge in [0.2, 0.25) is 5.91 Å². The molecule has 0 radical (unpaired) electrons. The van der Waals surface area contributed by atoms with E-state index in [1.807, 2.05) is 0 Å². The minimum atomic E-state index is -4.67. The molecule has 0 aliphatic carbocycles. The fraction of sp³-hybridized carbons (Fsp3) is 0.174. The highest BCUT2D eigenvalue weighted by Crippen LogP contribution is 2.42. The van der Waals surface area contributed by atoms with Crippen LogP contribution >= 0.6 is 23.4 Å². The van der Waals surface area contributed by atoms with Gasteiger partial charge in [0.1, 0.15) is 18.5 Å². The van der Waals surface area contributed by atoms with Crippen LogP contribution < -0.4 is 14.8 Å². The van der Waals surface area contributed by atoms with Crippen LogP contribution in [0.25, 0.3) is 0 Å². The molecule has 4 nitrogen and oxygen atoms in total. The largest absolute Gasteiger partial charge is 0.486 e. The summed E-state index contributed by atoms with van der Waals surface area (Å²) in [6.07, 6.45) is -4.67. The lowest BCUT2D eigenvalue weighted by Gasteiger charge is -2.21. The van der Waals surface area contributed by atoms with Crippen molar-refractivity contribution in [1.82, 2.24) is 0 Å². The SMILES string of the molecule is O=C(Nc1ccc(Cl)cc1C(F)(F)F)C(Sc1ccc2c(c1)OCCO2)c1ccccc1. The van der Waals surface area contributed by atoms with Crippen molar-refractivity contribution < 1.29 is 27.4 Å². The van der Waals surface area contributed by atoms with Crippen LogP contribution in [0.15, 0.2) is 71.6 Å². The molecule has 0 saturated heterocycles. The first-order chi connectivity index (χ1) is 15.3. The molecular weight excluding hydrogens is 463 g/mol. The molecule has 0 bridgehead atoms. The summed E-state index contributed by atoms with van der Waals surface area (Å²) in [6, 6.07) is 17.4. The molecule has 32 heavy (non-hydrogen) atoms. The number of anilines is 1. The lowest BCUT2D eigenvalue weighted by atomic mass is 10.1. The number of rotatable bonds is 5. The van der Waals surface area contributed by atoms with E-state index >= 15 is 0 Å². The van der Waals surface area contributed by atoms with Crippen LogP contribution in [0.2, 0.25) is 5.02 Å². The second-order valence-electron chi connectivity index (χ2n) is 6.89. The number of alkyl halides is 3. The van der Waals surface area contributed by atoms with Crippen LogP contribution in [0.3, 0.4) is 0 Å². The van der Waals surface area contributed by atoms with E-state index < -0.39 is 22.9 Å². The molecule has 1 atom stereocenters. The van der Waals surface area contributed by atoms with Crippen molar-refractivity contribution in [1.29, 1.82) is 0 Å². The van der Waals surface area contributed by atoms with Crippen LogP contribution in [0.4, 0.5) is 18.9 Å². The Bertz CT molecular complexity index is 1130. The van der Waals surface area contributed by atoms with E-state index in [1.165, 1.54) is 17.8 Å². The Morgan fingerprint density at radius 2 is 1.69 bits per heavy atom. The summed E-state index contributed by atoms with van der Waals surface area (Å²) < 4.78 is 51.5. The summed E-state index contributed by atoms with van der Waals surface area (Å²) in [5, 5.41) is 1.55. The predicted molar refractivity (Wildman–Crippen MR) is 118 cm³/mol. The van der Waals surface area contributed by atoms with Gasteiger partial charge in [-0.15, -0.1) is 11.8 Å². The maximum Gasteiger partial charge on any atom is 0.418 e. The lowest BCUT2D eigenvalue weighted by Crippen LogP contribution is -2.21. The normalized spacial score (nSPS) is 14.0. The molecule has 4 rings (SSSR count). The highest BCUT2D eigenvalue weighted by molar-refractivity contribution is 8.00. The highest BCUT2D eigenvalue weighted by Gasteiger charge is 2.35. The number of amides is 1. The first kappa shape index (κ1) is 22.4. The van der Waals surface area contributed by atoms with Crippen molar-refractivity contribution in [3.63, 3.8) is 0 Å². The molecule has 166 valence electrons. The van der Waals surface area contributed by atoms with Crippen LogP contribution in [-0.2, 0) is 11.0 Å². The topological polar surface area (TPSA) is 47.6 Å². The van der Waals surface area contributed by atoms with Gasteiger partial charge in [0, 0.05) is 9.92 Å². The Morgan fingerprint density at radius 3 is 2.41 bits per heavy atom. The van der Waals surface area contributed by atoms with E-state index in [9.17, 15) is 18.0 Å². The summed E-state index contributed by atoms with van der Waals surface area (Å²) in [6.45, 7) is 0.873. The smallest absolute Gasteiger partial charge is 0.418 e. The van der Waals surface area contributed by atoms with Gasteiger partial charge in [-0.25, -0.2) is 0 Å². The molecule has 0 spiro atoms. The minimum Gasteiger partial charge on any atom is -0.486 e. The van der Waals surface area contributed by atoms with Gasteiger partial charge >= 0.3 is 6.18 Å². The quantitative estimate of drug-likeness (QED) is 0.419. The Labute approximate surface area is 191 Å². The first-order valence-electron chi connectivity index (χ1n) is 9.60. The Morgan fingerprint density at radius 1 is 0.969 bits per heavy atom.